The predicted molar refractivity (Wildman–Crippen MR) is 149 cm³/mol. The Labute approximate surface area is 225 Å². The van der Waals surface area contributed by atoms with Crippen molar-refractivity contribution in [2.24, 2.45) is 0 Å². The van der Waals surface area contributed by atoms with Crippen LogP contribution in [0.5, 0.6) is 6.01 Å². The van der Waals surface area contributed by atoms with Crippen molar-refractivity contribution in [2.45, 2.75) is 50.4 Å². The van der Waals surface area contributed by atoms with Crippen molar-refractivity contribution in [3.63, 3.8) is 0 Å². The predicted octanol–water partition coefficient (Wildman–Crippen LogP) is 3.52. The number of nitrogens with zero attached hydrogens (tertiary/aromatic N) is 6. The smallest absolute Gasteiger partial charge is 0.318 e. The summed E-state index contributed by atoms with van der Waals surface area (Å²) in [5.41, 5.74) is 3.60. The van der Waals surface area contributed by atoms with E-state index in [1.165, 1.54) is 28.3 Å². The van der Waals surface area contributed by atoms with Crippen molar-refractivity contribution < 1.29 is 4.74 Å². The van der Waals surface area contributed by atoms with Crippen molar-refractivity contribution in [2.75, 3.05) is 51.8 Å². The lowest BCUT2D eigenvalue weighted by Gasteiger charge is -2.39. The molecule has 1 unspecified atom stereocenters. The minimum absolute atomic E-state index is 0.139. The first-order valence-corrected chi connectivity index (χ1v) is 13.9. The van der Waals surface area contributed by atoms with Crippen LogP contribution in [-0.4, -0.2) is 78.7 Å². The Balaban J connectivity index is 1.35. The number of rotatable bonds is 6. The number of anilines is 1. The van der Waals surface area contributed by atoms with Gasteiger partial charge in [0.1, 0.15) is 12.4 Å². The molecule has 1 N–H and O–H groups in total. The molecule has 198 valence electrons. The highest BCUT2D eigenvalue weighted by Gasteiger charge is 2.33. The Morgan fingerprint density at radius 3 is 2.79 bits per heavy atom. The van der Waals surface area contributed by atoms with Gasteiger partial charge in [-0.2, -0.15) is 15.2 Å². The van der Waals surface area contributed by atoms with E-state index in [-0.39, 0.29) is 12.1 Å². The molecule has 3 aliphatic heterocycles. The van der Waals surface area contributed by atoms with E-state index < -0.39 is 0 Å². The fourth-order valence-electron chi connectivity index (χ4n) is 6.36. The number of nitrogens with one attached hydrogen (secondary N) is 1. The molecule has 2 aromatic carbocycles. The van der Waals surface area contributed by atoms with Crippen LogP contribution >= 0.6 is 0 Å². The summed E-state index contributed by atoms with van der Waals surface area (Å²) in [6, 6.07) is 18.8. The second kappa shape index (κ2) is 10.9. The molecule has 3 aromatic rings. The number of nitriles is 1. The van der Waals surface area contributed by atoms with Crippen molar-refractivity contribution in [3.05, 3.63) is 59.3 Å². The van der Waals surface area contributed by atoms with Crippen LogP contribution in [0.15, 0.2) is 42.5 Å². The van der Waals surface area contributed by atoms with E-state index >= 15 is 0 Å². The molecule has 0 spiro atoms. The number of hydrogen-bond acceptors (Lipinski definition) is 8. The highest BCUT2D eigenvalue weighted by Crippen LogP contribution is 2.38. The Hall–Kier alpha value is -3.25. The summed E-state index contributed by atoms with van der Waals surface area (Å²) in [6.07, 6.45) is 3.66. The first-order valence-electron chi connectivity index (χ1n) is 13.9. The minimum Gasteiger partial charge on any atom is -0.462 e. The van der Waals surface area contributed by atoms with E-state index in [9.17, 15) is 5.26 Å². The fraction of sp³-hybridized carbons (Fsp3) is 0.500. The van der Waals surface area contributed by atoms with Crippen LogP contribution in [0.25, 0.3) is 10.8 Å². The zero-order valence-corrected chi connectivity index (χ0v) is 22.4. The van der Waals surface area contributed by atoms with Gasteiger partial charge in [0.2, 0.25) is 0 Å². The van der Waals surface area contributed by atoms with Crippen molar-refractivity contribution in [3.8, 4) is 12.1 Å². The van der Waals surface area contributed by atoms with Crippen LogP contribution in [0.3, 0.4) is 0 Å². The third-order valence-electron chi connectivity index (χ3n) is 8.53. The molecule has 0 saturated carbocycles. The van der Waals surface area contributed by atoms with Crippen LogP contribution in [0.2, 0.25) is 0 Å². The van der Waals surface area contributed by atoms with Gasteiger partial charge in [0.05, 0.1) is 18.2 Å². The Kier molecular flexibility index (Phi) is 7.16. The maximum Gasteiger partial charge on any atom is 0.318 e. The van der Waals surface area contributed by atoms with E-state index in [4.69, 9.17) is 14.7 Å². The number of hydrogen-bond donors (Lipinski definition) is 1. The van der Waals surface area contributed by atoms with Crippen LogP contribution < -0.4 is 15.0 Å². The number of fused-ring (bicyclic) bond motifs is 2. The van der Waals surface area contributed by atoms with Gasteiger partial charge in [-0.3, -0.25) is 4.90 Å². The molecule has 8 nitrogen and oxygen atoms in total. The Morgan fingerprint density at radius 1 is 1.08 bits per heavy atom. The lowest BCUT2D eigenvalue weighted by molar-refractivity contribution is 0.183. The number of piperazine rings is 1. The summed E-state index contributed by atoms with van der Waals surface area (Å²) in [6.45, 7) is 4.95. The van der Waals surface area contributed by atoms with E-state index in [0.717, 1.165) is 57.1 Å². The summed E-state index contributed by atoms with van der Waals surface area (Å²) < 4.78 is 6.30. The number of aromatic nitrogens is 2. The molecule has 3 atom stereocenters. The molecule has 2 saturated heterocycles. The van der Waals surface area contributed by atoms with Gasteiger partial charge in [-0.15, -0.1) is 0 Å². The van der Waals surface area contributed by atoms with Gasteiger partial charge in [-0.1, -0.05) is 42.5 Å². The third kappa shape index (κ3) is 4.94. The third-order valence-corrected chi connectivity index (χ3v) is 8.53. The average Bonchev–Trinajstić information content (AvgIpc) is 3.36. The summed E-state index contributed by atoms with van der Waals surface area (Å²) in [7, 11) is 4.37. The van der Waals surface area contributed by atoms with Gasteiger partial charge >= 0.3 is 6.01 Å². The molecular formula is C30H37N7O. The molecule has 0 aliphatic carbocycles. The van der Waals surface area contributed by atoms with Gasteiger partial charge in [-0.25, -0.2) is 0 Å². The molecule has 38 heavy (non-hydrogen) atoms. The number of benzene rings is 2. The number of likely N-dealkylation sites (tertiary alicyclic amines) is 1. The number of ether oxygens (including phenoxy) is 1. The van der Waals surface area contributed by atoms with E-state index in [0.29, 0.717) is 25.1 Å². The van der Waals surface area contributed by atoms with E-state index in [1.807, 2.05) is 0 Å². The largest absolute Gasteiger partial charge is 0.462 e. The molecule has 3 aliphatic rings. The van der Waals surface area contributed by atoms with Crippen LogP contribution in [0, 0.1) is 11.3 Å². The van der Waals surface area contributed by atoms with Gasteiger partial charge in [-0.05, 0) is 49.8 Å². The molecular weight excluding hydrogens is 474 g/mol. The van der Waals surface area contributed by atoms with Crippen molar-refractivity contribution in [1.29, 1.82) is 5.26 Å². The van der Waals surface area contributed by atoms with Crippen LogP contribution in [0.4, 0.5) is 5.82 Å². The minimum atomic E-state index is 0.139. The standard InChI is InChI=1S/C30H37N7O/c1-35-15-6-9-23(35)20-38-30-33-27-17-28(25-11-5-8-21-7-3-4-10-24(21)25)36(2)19-26(27)29(34-30)37-16-14-32-22(18-37)12-13-31/h3-5,7-8,10-11,22-23,28,32H,6,9,12,14-20H2,1-2H3/t22-,23-,28?/m0/s1. The van der Waals surface area contributed by atoms with Gasteiger partial charge in [0.15, 0.2) is 0 Å². The SMILES string of the molecule is CN1Cc2c(nc(OC[C@@H]3CCCN3C)nc2N2CCN[C@@H](CC#N)C2)CC1c1cccc2ccccc12. The maximum atomic E-state index is 9.29. The summed E-state index contributed by atoms with van der Waals surface area (Å²) >= 11 is 0. The first kappa shape index (κ1) is 25.1. The molecule has 0 radical (unpaired) electrons. The van der Waals surface area contributed by atoms with E-state index in [1.54, 1.807) is 0 Å². The van der Waals surface area contributed by atoms with Crippen molar-refractivity contribution >= 4 is 16.6 Å². The summed E-state index contributed by atoms with van der Waals surface area (Å²) in [4.78, 5) is 17.2. The molecule has 2 fully saturated rings. The average molecular weight is 512 g/mol. The lowest BCUT2D eigenvalue weighted by Crippen LogP contribution is -2.51. The van der Waals surface area contributed by atoms with Crippen LogP contribution in [0.1, 0.15) is 42.1 Å². The summed E-state index contributed by atoms with van der Waals surface area (Å²) in [5, 5.41) is 15.3. The van der Waals surface area contributed by atoms with Crippen LogP contribution in [-0.2, 0) is 13.0 Å². The second-order valence-corrected chi connectivity index (χ2v) is 11.0. The quantitative estimate of drug-likeness (QED) is 0.539. The molecule has 1 aromatic heterocycles. The fourth-order valence-corrected chi connectivity index (χ4v) is 6.36. The molecule has 8 heteroatoms. The normalized spacial score (nSPS) is 24.3. The zero-order valence-electron chi connectivity index (χ0n) is 22.4. The van der Waals surface area contributed by atoms with Crippen molar-refractivity contribution in [1.82, 2.24) is 25.1 Å². The lowest BCUT2D eigenvalue weighted by atomic mass is 9.90. The second-order valence-electron chi connectivity index (χ2n) is 11.0. The number of likely N-dealkylation sites (N-methyl/N-ethyl adjacent to an activating group) is 2. The highest BCUT2D eigenvalue weighted by atomic mass is 16.5. The Morgan fingerprint density at radius 2 is 1.95 bits per heavy atom. The molecule has 6 rings (SSSR count). The summed E-state index contributed by atoms with van der Waals surface area (Å²) in [5.74, 6) is 0.970. The highest BCUT2D eigenvalue weighted by molar-refractivity contribution is 5.86. The zero-order chi connectivity index (χ0) is 26.1. The topological polar surface area (TPSA) is 80.6 Å². The van der Waals surface area contributed by atoms with Gasteiger partial charge in [0.25, 0.3) is 0 Å². The Bertz CT molecular complexity index is 1330. The van der Waals surface area contributed by atoms with Gasteiger partial charge in [0, 0.05) is 56.3 Å². The van der Waals surface area contributed by atoms with E-state index in [2.05, 4.69) is 82.6 Å². The monoisotopic (exact) mass is 511 g/mol. The first-order chi connectivity index (χ1) is 18.6. The maximum absolute atomic E-state index is 9.29. The molecule has 0 bridgehead atoms. The van der Waals surface area contributed by atoms with Gasteiger partial charge < -0.3 is 19.9 Å². The molecule has 4 heterocycles. The molecule has 0 amide bonds.